The summed E-state index contributed by atoms with van der Waals surface area (Å²) in [4.78, 5) is 21.7. The van der Waals surface area contributed by atoms with Gasteiger partial charge in [0.1, 0.15) is 0 Å². The lowest BCUT2D eigenvalue weighted by atomic mass is 10.1. The number of rotatable bonds is 5. The van der Waals surface area contributed by atoms with Gasteiger partial charge in [0.2, 0.25) is 5.91 Å². The number of anilines is 1. The Morgan fingerprint density at radius 2 is 1.77 bits per heavy atom. The highest BCUT2D eigenvalue weighted by atomic mass is 32.1. The van der Waals surface area contributed by atoms with Crippen LogP contribution in [-0.4, -0.2) is 56.2 Å². The number of benzene rings is 2. The van der Waals surface area contributed by atoms with Gasteiger partial charge in [-0.25, -0.2) is 4.98 Å². The summed E-state index contributed by atoms with van der Waals surface area (Å²) in [6, 6.07) is 9.97. The van der Waals surface area contributed by atoms with Gasteiger partial charge in [-0.1, -0.05) is 23.5 Å². The number of ether oxygens (including phenoxy) is 2. The van der Waals surface area contributed by atoms with Crippen molar-refractivity contribution >= 4 is 38.7 Å². The van der Waals surface area contributed by atoms with Crippen molar-refractivity contribution < 1.29 is 14.3 Å². The first-order chi connectivity index (χ1) is 15.0. The molecule has 31 heavy (non-hydrogen) atoms. The number of amides is 1. The topological polar surface area (TPSA) is 54.9 Å². The molecule has 1 saturated heterocycles. The van der Waals surface area contributed by atoms with Crippen LogP contribution in [0.5, 0.6) is 11.5 Å². The van der Waals surface area contributed by atoms with Crippen LogP contribution in [0.25, 0.3) is 16.3 Å². The van der Waals surface area contributed by atoms with E-state index < -0.39 is 0 Å². The maximum atomic E-state index is 12.7. The van der Waals surface area contributed by atoms with Crippen molar-refractivity contribution in [1.29, 1.82) is 0 Å². The fraction of sp³-hybridized carbons (Fsp3) is 0.333. The van der Waals surface area contributed by atoms with Crippen molar-refractivity contribution in [3.63, 3.8) is 0 Å². The number of hydrogen-bond acceptors (Lipinski definition) is 6. The first kappa shape index (κ1) is 21.2. The fourth-order valence-electron chi connectivity index (χ4n) is 3.84. The Kier molecular flexibility index (Phi) is 6.13. The molecule has 2 aromatic carbocycles. The molecule has 1 amide bonds. The third kappa shape index (κ3) is 4.51. The van der Waals surface area contributed by atoms with E-state index in [4.69, 9.17) is 14.5 Å². The number of methoxy groups -OCH3 is 2. The summed E-state index contributed by atoms with van der Waals surface area (Å²) in [5.41, 5.74) is 4.45. The normalized spacial score (nSPS) is 14.5. The van der Waals surface area contributed by atoms with Gasteiger partial charge in [0, 0.05) is 32.3 Å². The van der Waals surface area contributed by atoms with Gasteiger partial charge in [0.25, 0.3) is 0 Å². The molecule has 0 atom stereocenters. The second kappa shape index (κ2) is 8.98. The number of aryl methyl sites for hydroxylation is 2. The van der Waals surface area contributed by atoms with E-state index >= 15 is 0 Å². The number of aromatic nitrogens is 1. The fourth-order valence-corrected chi connectivity index (χ4v) is 5.04. The minimum absolute atomic E-state index is 0.0187. The Morgan fingerprint density at radius 3 is 2.48 bits per heavy atom. The molecule has 4 rings (SSSR count). The average Bonchev–Trinajstić information content (AvgIpc) is 3.21. The monoisotopic (exact) mass is 437 g/mol. The second-order valence-electron chi connectivity index (χ2n) is 7.69. The van der Waals surface area contributed by atoms with Gasteiger partial charge in [0.15, 0.2) is 16.6 Å². The van der Waals surface area contributed by atoms with E-state index in [1.165, 1.54) is 15.8 Å². The van der Waals surface area contributed by atoms with Gasteiger partial charge in [0.05, 0.1) is 24.4 Å². The van der Waals surface area contributed by atoms with Crippen LogP contribution in [0.3, 0.4) is 0 Å². The number of carbonyl (C=O) groups excluding carboxylic acids is 1. The van der Waals surface area contributed by atoms with Gasteiger partial charge >= 0.3 is 0 Å². The Bertz CT molecular complexity index is 1130. The quantitative estimate of drug-likeness (QED) is 0.558. The molecule has 162 valence electrons. The molecular weight excluding hydrogens is 410 g/mol. The van der Waals surface area contributed by atoms with Crippen molar-refractivity contribution in [2.75, 3.05) is 45.3 Å². The molecule has 0 bridgehead atoms. The summed E-state index contributed by atoms with van der Waals surface area (Å²) in [6.45, 7) is 7.17. The molecule has 0 radical (unpaired) electrons. The molecule has 0 aliphatic carbocycles. The molecule has 1 aliphatic rings. The molecule has 7 heteroatoms. The van der Waals surface area contributed by atoms with E-state index in [0.29, 0.717) is 24.6 Å². The van der Waals surface area contributed by atoms with Gasteiger partial charge in [-0.3, -0.25) is 4.79 Å². The third-order valence-electron chi connectivity index (χ3n) is 5.51. The molecule has 1 aromatic heterocycles. The Hall–Kier alpha value is -3.06. The third-order valence-corrected chi connectivity index (χ3v) is 6.57. The first-order valence-electron chi connectivity index (χ1n) is 10.3. The highest BCUT2D eigenvalue weighted by Crippen LogP contribution is 2.32. The maximum absolute atomic E-state index is 12.7. The number of piperazine rings is 1. The molecule has 6 nitrogen and oxygen atoms in total. The van der Waals surface area contributed by atoms with Crippen LogP contribution < -0.4 is 14.4 Å². The van der Waals surface area contributed by atoms with Crippen LogP contribution in [0.1, 0.15) is 16.7 Å². The van der Waals surface area contributed by atoms with Crippen LogP contribution in [0.4, 0.5) is 5.13 Å². The zero-order valence-corrected chi connectivity index (χ0v) is 19.2. The Morgan fingerprint density at radius 1 is 1.03 bits per heavy atom. The van der Waals surface area contributed by atoms with Crippen molar-refractivity contribution in [2.24, 2.45) is 0 Å². The van der Waals surface area contributed by atoms with Gasteiger partial charge in [-0.15, -0.1) is 0 Å². The van der Waals surface area contributed by atoms with Crippen molar-refractivity contribution in [3.05, 3.63) is 53.1 Å². The van der Waals surface area contributed by atoms with Crippen LogP contribution in [-0.2, 0) is 4.79 Å². The maximum Gasteiger partial charge on any atom is 0.246 e. The van der Waals surface area contributed by atoms with E-state index in [-0.39, 0.29) is 5.91 Å². The highest BCUT2D eigenvalue weighted by molar-refractivity contribution is 7.22. The largest absolute Gasteiger partial charge is 0.493 e. The smallest absolute Gasteiger partial charge is 0.246 e. The Labute approximate surface area is 186 Å². The van der Waals surface area contributed by atoms with E-state index in [1.54, 1.807) is 31.6 Å². The van der Waals surface area contributed by atoms with Gasteiger partial charge in [-0.2, -0.15) is 0 Å². The van der Waals surface area contributed by atoms with Crippen molar-refractivity contribution in [2.45, 2.75) is 13.8 Å². The lowest BCUT2D eigenvalue weighted by Crippen LogP contribution is -2.48. The summed E-state index contributed by atoms with van der Waals surface area (Å²) < 4.78 is 11.8. The molecule has 0 unspecified atom stereocenters. The first-order valence-corrected chi connectivity index (χ1v) is 11.1. The number of fused-ring (bicyclic) bond motifs is 1. The Balaban J connectivity index is 1.39. The van der Waals surface area contributed by atoms with E-state index in [0.717, 1.165) is 29.3 Å². The molecule has 1 fully saturated rings. The molecule has 0 spiro atoms. The molecule has 0 saturated carbocycles. The standard InChI is InChI=1S/C24H27N3O3S/c1-16-13-17(2)23-21(14-16)31-24(25-23)27-11-9-26(10-12-27)22(28)8-6-18-5-7-19(29-3)20(15-18)30-4/h5-8,13-15H,9-12H2,1-4H3/b8-6-. The van der Waals surface area contributed by atoms with Crippen LogP contribution in [0, 0.1) is 13.8 Å². The number of carbonyl (C=O) groups is 1. The minimum Gasteiger partial charge on any atom is -0.493 e. The zero-order chi connectivity index (χ0) is 22.0. The predicted octanol–water partition coefficient (Wildman–Crippen LogP) is 4.29. The van der Waals surface area contributed by atoms with Crippen LogP contribution in [0.2, 0.25) is 0 Å². The highest BCUT2D eigenvalue weighted by Gasteiger charge is 2.22. The van der Waals surface area contributed by atoms with Gasteiger partial charge < -0.3 is 19.3 Å². The number of thiazole rings is 1. The average molecular weight is 438 g/mol. The molecule has 1 aliphatic heterocycles. The summed E-state index contributed by atoms with van der Waals surface area (Å²) in [7, 11) is 3.21. The van der Waals surface area contributed by atoms with Crippen LogP contribution >= 0.6 is 11.3 Å². The van der Waals surface area contributed by atoms with Crippen LogP contribution in [0.15, 0.2) is 36.4 Å². The number of nitrogens with zero attached hydrogens (tertiary/aromatic N) is 3. The lowest BCUT2D eigenvalue weighted by molar-refractivity contribution is -0.126. The van der Waals surface area contributed by atoms with E-state index in [1.807, 2.05) is 29.2 Å². The zero-order valence-electron chi connectivity index (χ0n) is 18.3. The summed E-state index contributed by atoms with van der Waals surface area (Å²) in [5, 5.41) is 1.04. The van der Waals surface area contributed by atoms with E-state index in [2.05, 4.69) is 30.9 Å². The predicted molar refractivity (Wildman–Crippen MR) is 126 cm³/mol. The minimum atomic E-state index is 0.0187. The van der Waals surface area contributed by atoms with E-state index in [9.17, 15) is 4.79 Å². The molecule has 3 aromatic rings. The molecular formula is C24H27N3O3S. The lowest BCUT2D eigenvalue weighted by Gasteiger charge is -2.34. The molecule has 0 N–H and O–H groups in total. The SMILES string of the molecule is COc1ccc(/C=C\C(=O)N2CCN(c3nc4c(C)cc(C)cc4s3)CC2)cc1OC. The number of hydrogen-bond donors (Lipinski definition) is 0. The van der Waals surface area contributed by atoms with Crippen molar-refractivity contribution in [1.82, 2.24) is 9.88 Å². The van der Waals surface area contributed by atoms with Crippen molar-refractivity contribution in [3.8, 4) is 11.5 Å². The summed E-state index contributed by atoms with van der Waals surface area (Å²) in [5.74, 6) is 1.33. The summed E-state index contributed by atoms with van der Waals surface area (Å²) in [6.07, 6.45) is 3.44. The summed E-state index contributed by atoms with van der Waals surface area (Å²) >= 11 is 1.73. The molecule has 2 heterocycles. The second-order valence-corrected chi connectivity index (χ2v) is 8.69. The van der Waals surface area contributed by atoms with Gasteiger partial charge in [-0.05, 0) is 54.8 Å².